The molecule has 0 aliphatic rings. The maximum absolute atomic E-state index is 12.3. The van der Waals surface area contributed by atoms with Gasteiger partial charge < -0.3 is 5.32 Å². The van der Waals surface area contributed by atoms with Crippen LogP contribution < -0.4 is 10.9 Å². The molecule has 4 aromatic rings. The third-order valence-corrected chi connectivity index (χ3v) is 4.45. The van der Waals surface area contributed by atoms with Crippen molar-refractivity contribution in [3.63, 3.8) is 0 Å². The summed E-state index contributed by atoms with van der Waals surface area (Å²) in [4.78, 5) is 25.2. The van der Waals surface area contributed by atoms with Crippen molar-refractivity contribution >= 4 is 34.1 Å². The Bertz CT molecular complexity index is 1300. The number of aryl methyl sites for hydroxylation is 2. The minimum atomic E-state index is -0.275. The van der Waals surface area contributed by atoms with Crippen LogP contribution in [0.5, 0.6) is 0 Å². The molecule has 0 unspecified atom stereocenters. The molecule has 0 atom stereocenters. The van der Waals surface area contributed by atoms with E-state index in [9.17, 15) is 4.79 Å². The summed E-state index contributed by atoms with van der Waals surface area (Å²) in [7, 11) is 0. The number of H-pyrrole nitrogens is 1. The summed E-state index contributed by atoms with van der Waals surface area (Å²) < 4.78 is 1.61. The first-order valence-corrected chi connectivity index (χ1v) is 8.72. The Morgan fingerprint density at radius 2 is 2.00 bits per heavy atom. The molecule has 1 aromatic carbocycles. The number of pyridine rings is 1. The smallest absolute Gasteiger partial charge is 0.273 e. The number of nitriles is 1. The second kappa shape index (κ2) is 6.79. The van der Waals surface area contributed by atoms with Gasteiger partial charge in [0.05, 0.1) is 27.2 Å². The predicted octanol–water partition coefficient (Wildman–Crippen LogP) is 3.39. The van der Waals surface area contributed by atoms with Crippen molar-refractivity contribution in [3.8, 4) is 11.8 Å². The van der Waals surface area contributed by atoms with E-state index in [1.54, 1.807) is 28.9 Å². The highest BCUT2D eigenvalue weighted by Crippen LogP contribution is 2.23. The van der Waals surface area contributed by atoms with Gasteiger partial charge in [-0.2, -0.15) is 5.26 Å². The fourth-order valence-electron chi connectivity index (χ4n) is 2.94. The summed E-state index contributed by atoms with van der Waals surface area (Å²) in [6, 6.07) is 10.5. The highest BCUT2D eigenvalue weighted by molar-refractivity contribution is 6.31. The summed E-state index contributed by atoms with van der Waals surface area (Å²) in [5.74, 6) is 1.79. The van der Waals surface area contributed by atoms with Gasteiger partial charge in [-0.15, -0.1) is 0 Å². The Hall–Kier alpha value is -3.70. The number of benzene rings is 1. The number of anilines is 2. The number of hydrogen-bond donors (Lipinski definition) is 2. The zero-order valence-electron chi connectivity index (χ0n) is 15.0. The van der Waals surface area contributed by atoms with Crippen LogP contribution in [-0.2, 0) is 0 Å². The van der Waals surface area contributed by atoms with Gasteiger partial charge in [-0.25, -0.2) is 15.0 Å². The van der Waals surface area contributed by atoms with E-state index in [-0.39, 0.29) is 5.56 Å². The Balaban J connectivity index is 1.81. The highest BCUT2D eigenvalue weighted by atomic mass is 35.5. The Morgan fingerprint density at radius 1 is 1.18 bits per heavy atom. The van der Waals surface area contributed by atoms with Crippen molar-refractivity contribution in [2.24, 2.45) is 0 Å². The first-order valence-electron chi connectivity index (χ1n) is 8.35. The second-order valence-electron chi connectivity index (χ2n) is 6.21. The molecule has 2 N–H and O–H groups in total. The molecule has 0 saturated heterocycles. The SMILES string of the molecule is Cc1cc(Nc2cc3c(cn2)c(=O)[nH]n3-c2ccc(C#N)c(Cl)c2)nc(C)n1. The molecule has 0 saturated carbocycles. The number of hydrogen-bond acceptors (Lipinski definition) is 6. The lowest BCUT2D eigenvalue weighted by Crippen LogP contribution is -2.03. The standard InChI is InChI=1S/C19H14ClN7O/c1-10-5-18(24-11(2)23-10)25-17-7-16-14(9-22-17)19(28)26-27(16)13-4-3-12(8-21)15(20)6-13/h3-7,9H,1-2H3,(H,26,28)(H,22,23,24,25). The van der Waals surface area contributed by atoms with Gasteiger partial charge in [-0.05, 0) is 32.0 Å². The molecule has 138 valence electrons. The molecular weight excluding hydrogens is 378 g/mol. The minimum absolute atomic E-state index is 0.275. The fourth-order valence-corrected chi connectivity index (χ4v) is 3.16. The number of aromatic amines is 1. The highest BCUT2D eigenvalue weighted by Gasteiger charge is 2.12. The van der Waals surface area contributed by atoms with Gasteiger partial charge in [-0.3, -0.25) is 14.6 Å². The van der Waals surface area contributed by atoms with Crippen LogP contribution in [0.2, 0.25) is 5.02 Å². The molecule has 0 fully saturated rings. The largest absolute Gasteiger partial charge is 0.325 e. The van der Waals surface area contributed by atoms with Crippen LogP contribution in [-0.4, -0.2) is 24.7 Å². The van der Waals surface area contributed by atoms with Gasteiger partial charge in [-0.1, -0.05) is 11.6 Å². The van der Waals surface area contributed by atoms with Crippen LogP contribution in [0.15, 0.2) is 41.3 Å². The minimum Gasteiger partial charge on any atom is -0.325 e. The third-order valence-electron chi connectivity index (χ3n) is 4.13. The first kappa shape index (κ1) is 17.7. The second-order valence-corrected chi connectivity index (χ2v) is 6.61. The molecule has 4 rings (SSSR count). The van der Waals surface area contributed by atoms with Crippen molar-refractivity contribution in [3.05, 3.63) is 69.0 Å². The summed E-state index contributed by atoms with van der Waals surface area (Å²) in [6.07, 6.45) is 1.50. The average Bonchev–Trinajstić information content (AvgIpc) is 2.97. The van der Waals surface area contributed by atoms with Gasteiger partial charge >= 0.3 is 0 Å². The summed E-state index contributed by atoms with van der Waals surface area (Å²) in [6.45, 7) is 3.70. The topological polar surface area (TPSA) is 112 Å². The number of aromatic nitrogens is 5. The van der Waals surface area contributed by atoms with Gasteiger partial charge in [0, 0.05) is 24.0 Å². The van der Waals surface area contributed by atoms with Crippen LogP contribution in [0.3, 0.4) is 0 Å². The maximum atomic E-state index is 12.3. The Kier molecular flexibility index (Phi) is 4.29. The average molecular weight is 392 g/mol. The van der Waals surface area contributed by atoms with E-state index in [1.165, 1.54) is 6.20 Å². The molecule has 0 spiro atoms. The normalized spacial score (nSPS) is 10.8. The van der Waals surface area contributed by atoms with Crippen LogP contribution in [0.4, 0.5) is 11.6 Å². The van der Waals surface area contributed by atoms with Gasteiger partial charge in [0.1, 0.15) is 23.5 Å². The lowest BCUT2D eigenvalue weighted by atomic mass is 10.2. The predicted molar refractivity (Wildman–Crippen MR) is 106 cm³/mol. The third kappa shape index (κ3) is 3.19. The van der Waals surface area contributed by atoms with E-state index in [0.717, 1.165) is 5.69 Å². The summed E-state index contributed by atoms with van der Waals surface area (Å²) in [5, 5.41) is 15.7. The number of rotatable bonds is 3. The van der Waals surface area contributed by atoms with Crippen molar-refractivity contribution in [1.82, 2.24) is 24.7 Å². The molecule has 9 heteroatoms. The molecule has 8 nitrogen and oxygen atoms in total. The van der Waals surface area contributed by atoms with Gasteiger partial charge in [0.15, 0.2) is 0 Å². The van der Waals surface area contributed by atoms with Crippen LogP contribution in [0.1, 0.15) is 17.1 Å². The molecule has 0 radical (unpaired) electrons. The number of fused-ring (bicyclic) bond motifs is 1. The summed E-state index contributed by atoms with van der Waals surface area (Å²) in [5.41, 5.74) is 2.17. The van der Waals surface area contributed by atoms with E-state index >= 15 is 0 Å². The Morgan fingerprint density at radius 3 is 2.71 bits per heavy atom. The van der Waals surface area contributed by atoms with E-state index in [4.69, 9.17) is 16.9 Å². The van der Waals surface area contributed by atoms with Crippen molar-refractivity contribution in [2.45, 2.75) is 13.8 Å². The van der Waals surface area contributed by atoms with E-state index < -0.39 is 0 Å². The molecule has 28 heavy (non-hydrogen) atoms. The van der Waals surface area contributed by atoms with Crippen LogP contribution >= 0.6 is 11.6 Å². The van der Waals surface area contributed by atoms with Crippen molar-refractivity contribution in [2.75, 3.05) is 5.32 Å². The van der Waals surface area contributed by atoms with Crippen LogP contribution in [0.25, 0.3) is 16.6 Å². The fraction of sp³-hybridized carbons (Fsp3) is 0.105. The molecule has 0 bridgehead atoms. The zero-order valence-corrected chi connectivity index (χ0v) is 15.7. The molecule has 3 heterocycles. The number of halogens is 1. The molecule has 0 aliphatic heterocycles. The monoisotopic (exact) mass is 391 g/mol. The lowest BCUT2D eigenvalue weighted by Gasteiger charge is -2.08. The summed E-state index contributed by atoms with van der Waals surface area (Å²) >= 11 is 6.14. The molecular formula is C19H14ClN7O. The zero-order chi connectivity index (χ0) is 19.8. The van der Waals surface area contributed by atoms with Crippen molar-refractivity contribution < 1.29 is 0 Å². The van der Waals surface area contributed by atoms with E-state index in [0.29, 0.717) is 44.6 Å². The van der Waals surface area contributed by atoms with Crippen molar-refractivity contribution in [1.29, 1.82) is 5.26 Å². The van der Waals surface area contributed by atoms with E-state index in [2.05, 4.69) is 25.4 Å². The number of nitrogens with zero attached hydrogens (tertiary/aromatic N) is 5. The molecule has 0 aliphatic carbocycles. The van der Waals surface area contributed by atoms with E-state index in [1.807, 2.05) is 26.0 Å². The van der Waals surface area contributed by atoms with Gasteiger partial charge in [0.2, 0.25) is 0 Å². The van der Waals surface area contributed by atoms with Gasteiger partial charge in [0.25, 0.3) is 5.56 Å². The first-order chi connectivity index (χ1) is 13.4. The molecule has 0 amide bonds. The lowest BCUT2D eigenvalue weighted by molar-refractivity contribution is 0.891. The number of nitrogens with one attached hydrogen (secondary N) is 2. The molecule has 3 aromatic heterocycles. The van der Waals surface area contributed by atoms with Crippen LogP contribution in [0, 0.1) is 25.2 Å². The quantitative estimate of drug-likeness (QED) is 0.553. The Labute approximate surface area is 164 Å². The maximum Gasteiger partial charge on any atom is 0.273 e.